The fourth-order valence-corrected chi connectivity index (χ4v) is 1.80. The van der Waals surface area contributed by atoms with E-state index in [2.05, 4.69) is 4.98 Å². The first kappa shape index (κ1) is 12.3. The van der Waals surface area contributed by atoms with Gasteiger partial charge in [-0.2, -0.15) is 0 Å². The first-order valence-electron chi connectivity index (χ1n) is 5.85. The third-order valence-electron chi connectivity index (χ3n) is 2.55. The molecule has 0 aromatic carbocycles. The Bertz CT molecular complexity index is 566. The minimum atomic E-state index is -0.329. The number of nitro groups is 1. The zero-order chi connectivity index (χ0) is 13.1. The van der Waals surface area contributed by atoms with Crippen LogP contribution < -0.4 is 0 Å². The van der Waals surface area contributed by atoms with E-state index in [1.807, 2.05) is 42.6 Å². The van der Waals surface area contributed by atoms with Crippen molar-refractivity contribution < 1.29 is 4.92 Å². The number of imidazole rings is 1. The van der Waals surface area contributed by atoms with E-state index in [-0.39, 0.29) is 16.5 Å². The van der Waals surface area contributed by atoms with Crippen LogP contribution in [0.25, 0.3) is 11.7 Å². The third-order valence-corrected chi connectivity index (χ3v) is 2.55. The van der Waals surface area contributed by atoms with Gasteiger partial charge in [0.1, 0.15) is 5.65 Å². The normalized spacial score (nSPS) is 12.3. The minimum Gasteiger partial charge on any atom is -0.306 e. The minimum absolute atomic E-state index is 0.202. The molecule has 18 heavy (non-hydrogen) atoms. The number of rotatable bonds is 4. The largest absolute Gasteiger partial charge is 0.306 e. The van der Waals surface area contributed by atoms with Gasteiger partial charge >= 0.3 is 0 Å². The lowest BCUT2D eigenvalue weighted by atomic mass is 10.1. The highest BCUT2D eigenvalue weighted by molar-refractivity contribution is 5.52. The van der Waals surface area contributed by atoms with Crippen LogP contribution in [0.3, 0.4) is 0 Å². The first-order valence-corrected chi connectivity index (χ1v) is 5.85. The maximum absolute atomic E-state index is 11.0. The highest BCUT2D eigenvalue weighted by atomic mass is 16.6. The van der Waals surface area contributed by atoms with Crippen molar-refractivity contribution in [2.45, 2.75) is 20.3 Å². The first-order chi connectivity index (χ1) is 8.56. The monoisotopic (exact) mass is 245 g/mol. The highest BCUT2D eigenvalue weighted by Gasteiger charge is 2.14. The second kappa shape index (κ2) is 5.00. The molecule has 0 aliphatic heterocycles. The molecule has 2 aromatic rings. The summed E-state index contributed by atoms with van der Waals surface area (Å²) >= 11 is 0. The number of allylic oxidation sites excluding steroid dienone is 1. The Morgan fingerprint density at radius 2 is 2.33 bits per heavy atom. The van der Waals surface area contributed by atoms with Gasteiger partial charge in [-0.05, 0) is 18.1 Å². The van der Waals surface area contributed by atoms with E-state index in [0.29, 0.717) is 12.1 Å². The second-order valence-electron chi connectivity index (χ2n) is 4.62. The van der Waals surface area contributed by atoms with Crippen LogP contribution in [-0.2, 0) is 0 Å². The smallest absolute Gasteiger partial charge is 0.248 e. The molecule has 2 rings (SSSR count). The molecule has 0 amide bonds. The van der Waals surface area contributed by atoms with Crippen molar-refractivity contribution in [3.63, 3.8) is 0 Å². The topological polar surface area (TPSA) is 60.4 Å². The molecule has 0 radical (unpaired) electrons. The lowest BCUT2D eigenvalue weighted by molar-refractivity contribution is -0.427. The van der Waals surface area contributed by atoms with Crippen molar-refractivity contribution in [3.8, 4) is 0 Å². The predicted octanol–water partition coefficient (Wildman–Crippen LogP) is 3.00. The molecule has 0 aliphatic rings. The summed E-state index contributed by atoms with van der Waals surface area (Å²) in [5.74, 6) is 0.249. The zero-order valence-electron chi connectivity index (χ0n) is 10.4. The Labute approximate surface area is 105 Å². The zero-order valence-corrected chi connectivity index (χ0v) is 10.4. The molecule has 2 heterocycles. The summed E-state index contributed by atoms with van der Waals surface area (Å²) in [6, 6.07) is 5.65. The van der Waals surface area contributed by atoms with Gasteiger partial charge in [-0.25, -0.2) is 4.98 Å². The lowest BCUT2D eigenvalue weighted by Crippen LogP contribution is -2.02. The summed E-state index contributed by atoms with van der Waals surface area (Å²) in [7, 11) is 0. The van der Waals surface area contributed by atoms with Crippen LogP contribution >= 0.6 is 0 Å². The summed E-state index contributed by atoms with van der Waals surface area (Å²) in [6.07, 6.45) is 5.65. The molecule has 0 bridgehead atoms. The van der Waals surface area contributed by atoms with E-state index in [9.17, 15) is 10.1 Å². The molecular formula is C13H15N3O2. The fraction of sp³-hybridized carbons (Fsp3) is 0.308. The Morgan fingerprint density at radius 3 is 2.94 bits per heavy atom. The maximum Gasteiger partial charge on any atom is 0.248 e. The summed E-state index contributed by atoms with van der Waals surface area (Å²) in [4.78, 5) is 15.0. The maximum atomic E-state index is 11.0. The van der Waals surface area contributed by atoms with Crippen LogP contribution in [0.15, 0.2) is 36.3 Å². The predicted molar refractivity (Wildman–Crippen MR) is 69.6 cm³/mol. The van der Waals surface area contributed by atoms with Gasteiger partial charge in [-0.15, -0.1) is 0 Å². The van der Waals surface area contributed by atoms with E-state index < -0.39 is 0 Å². The third kappa shape index (κ3) is 2.74. The van der Waals surface area contributed by atoms with Gasteiger partial charge in [-0.3, -0.25) is 10.1 Å². The van der Waals surface area contributed by atoms with Crippen LogP contribution in [-0.4, -0.2) is 14.3 Å². The van der Waals surface area contributed by atoms with Gasteiger partial charge in [0.25, 0.3) is 0 Å². The van der Waals surface area contributed by atoms with Gasteiger partial charge in [0.2, 0.25) is 5.70 Å². The van der Waals surface area contributed by atoms with Gasteiger partial charge in [-0.1, -0.05) is 19.9 Å². The molecule has 0 aliphatic carbocycles. The molecule has 0 saturated heterocycles. The average molecular weight is 245 g/mol. The molecule has 0 saturated carbocycles. The van der Waals surface area contributed by atoms with Crippen molar-refractivity contribution in [1.29, 1.82) is 0 Å². The Kier molecular flexibility index (Phi) is 3.41. The summed E-state index contributed by atoms with van der Waals surface area (Å²) in [6.45, 7) is 3.92. The number of pyridine rings is 1. The highest BCUT2D eigenvalue weighted by Crippen LogP contribution is 2.15. The van der Waals surface area contributed by atoms with E-state index in [1.165, 1.54) is 0 Å². The van der Waals surface area contributed by atoms with Crippen molar-refractivity contribution in [2.75, 3.05) is 0 Å². The quantitative estimate of drug-likeness (QED) is 0.614. The van der Waals surface area contributed by atoms with Crippen molar-refractivity contribution in [2.24, 2.45) is 5.92 Å². The van der Waals surface area contributed by atoms with Crippen LogP contribution in [0, 0.1) is 16.0 Å². The molecule has 0 fully saturated rings. The average Bonchev–Trinajstić information content (AvgIpc) is 2.69. The van der Waals surface area contributed by atoms with Gasteiger partial charge < -0.3 is 4.40 Å². The van der Waals surface area contributed by atoms with Crippen LogP contribution in [0.1, 0.15) is 26.0 Å². The van der Waals surface area contributed by atoms with Crippen molar-refractivity contribution in [1.82, 2.24) is 9.38 Å². The lowest BCUT2D eigenvalue weighted by Gasteiger charge is -2.00. The molecular weight excluding hydrogens is 230 g/mol. The molecule has 0 atom stereocenters. The molecule has 5 nitrogen and oxygen atoms in total. The molecule has 0 spiro atoms. The number of aromatic nitrogens is 2. The molecule has 2 aromatic heterocycles. The molecule has 0 unspecified atom stereocenters. The van der Waals surface area contributed by atoms with Crippen LogP contribution in [0.4, 0.5) is 0 Å². The number of hydrogen-bond acceptors (Lipinski definition) is 3. The number of nitrogens with zero attached hydrogens (tertiary/aromatic N) is 3. The van der Waals surface area contributed by atoms with E-state index in [0.717, 1.165) is 5.65 Å². The summed E-state index contributed by atoms with van der Waals surface area (Å²) in [5.41, 5.74) is 1.61. The van der Waals surface area contributed by atoms with Crippen molar-refractivity contribution >= 4 is 11.7 Å². The van der Waals surface area contributed by atoms with Gasteiger partial charge in [0.15, 0.2) is 0 Å². The summed E-state index contributed by atoms with van der Waals surface area (Å²) in [5, 5.41) is 11.0. The Morgan fingerprint density at radius 1 is 1.56 bits per heavy atom. The Hall–Kier alpha value is -2.17. The standard InChI is InChI=1S/C13H15N3O2/c1-10(2)7-12(16(17)18)8-11-9-15-6-4-3-5-13(15)14-11/h3-6,8-10H,7H2,1-2H3. The molecule has 0 N–H and O–H groups in total. The number of hydrogen-bond donors (Lipinski definition) is 0. The molecule has 5 heteroatoms. The van der Waals surface area contributed by atoms with Crippen molar-refractivity contribution in [3.05, 3.63) is 52.1 Å². The Balaban J connectivity index is 2.36. The van der Waals surface area contributed by atoms with Gasteiger partial charge in [0, 0.05) is 24.9 Å². The number of fused-ring (bicyclic) bond motifs is 1. The van der Waals surface area contributed by atoms with E-state index in [4.69, 9.17) is 0 Å². The molecule has 94 valence electrons. The van der Waals surface area contributed by atoms with Crippen LogP contribution in [0.2, 0.25) is 0 Å². The summed E-state index contributed by atoms with van der Waals surface area (Å²) < 4.78 is 1.85. The second-order valence-corrected chi connectivity index (χ2v) is 4.62. The SMILES string of the molecule is CC(C)CC(=Cc1cn2ccccc2n1)[N+](=O)[O-]. The van der Waals surface area contributed by atoms with Crippen LogP contribution in [0.5, 0.6) is 0 Å². The van der Waals surface area contributed by atoms with E-state index in [1.54, 1.807) is 12.3 Å². The fourth-order valence-electron chi connectivity index (χ4n) is 1.80. The van der Waals surface area contributed by atoms with Gasteiger partial charge in [0.05, 0.1) is 10.6 Å². The van der Waals surface area contributed by atoms with E-state index >= 15 is 0 Å².